The largest absolute Gasteiger partial charge is 0.507 e. The summed E-state index contributed by atoms with van der Waals surface area (Å²) < 4.78 is 28.4. The number of benzene rings is 2. The number of rotatable bonds is 3. The second-order valence-corrected chi connectivity index (χ2v) is 6.96. The number of carbonyl (C=O) groups excluding carboxylic acids is 2. The van der Waals surface area contributed by atoms with Gasteiger partial charge in [-0.2, -0.15) is 0 Å². The standard InChI is InChI=1S/C22H13ClF2N2O3/c23-13-6-4-12(5-7-13)20(28)18-19(16-3-1-2-10-26-16)27(22(30)21(18)29)17-11-14(24)8-9-15(17)25/h1-11,19,28H/b20-18+. The molecule has 1 unspecified atom stereocenters. The van der Waals surface area contributed by atoms with Gasteiger partial charge in [-0.05, 0) is 48.5 Å². The molecule has 5 nitrogen and oxygen atoms in total. The van der Waals surface area contributed by atoms with Crippen LogP contribution in [0.3, 0.4) is 0 Å². The molecule has 1 aliphatic rings. The van der Waals surface area contributed by atoms with Crippen LogP contribution < -0.4 is 4.90 Å². The fourth-order valence-corrected chi connectivity index (χ4v) is 3.46. The van der Waals surface area contributed by atoms with Gasteiger partial charge in [-0.3, -0.25) is 19.5 Å². The Hall–Kier alpha value is -3.58. The molecule has 0 saturated carbocycles. The van der Waals surface area contributed by atoms with Crippen LogP contribution in [-0.2, 0) is 9.59 Å². The number of aliphatic hydroxyl groups excluding tert-OH is 1. The number of anilines is 1. The second-order valence-electron chi connectivity index (χ2n) is 6.53. The highest BCUT2D eigenvalue weighted by atomic mass is 35.5. The third kappa shape index (κ3) is 3.33. The maximum atomic E-state index is 14.5. The fourth-order valence-electron chi connectivity index (χ4n) is 3.33. The number of nitrogens with zero attached hydrogens (tertiary/aromatic N) is 2. The number of ketones is 1. The molecule has 0 radical (unpaired) electrons. The van der Waals surface area contributed by atoms with E-state index in [0.717, 1.165) is 23.1 Å². The molecule has 3 aromatic rings. The van der Waals surface area contributed by atoms with E-state index in [4.69, 9.17) is 11.6 Å². The Bertz CT molecular complexity index is 1180. The second kappa shape index (κ2) is 7.68. The van der Waals surface area contributed by atoms with Crippen molar-refractivity contribution < 1.29 is 23.5 Å². The molecule has 0 spiro atoms. The third-order valence-corrected chi connectivity index (χ3v) is 4.95. The third-order valence-electron chi connectivity index (χ3n) is 4.70. The topological polar surface area (TPSA) is 70.5 Å². The molecule has 1 amide bonds. The Morgan fingerprint density at radius 1 is 1.03 bits per heavy atom. The number of amides is 1. The molecule has 1 atom stereocenters. The lowest BCUT2D eigenvalue weighted by molar-refractivity contribution is -0.132. The molecule has 2 heterocycles. The summed E-state index contributed by atoms with van der Waals surface area (Å²) >= 11 is 5.87. The Balaban J connectivity index is 1.97. The molecule has 8 heteroatoms. The van der Waals surface area contributed by atoms with Crippen LogP contribution in [0.15, 0.2) is 72.4 Å². The number of hydrogen-bond acceptors (Lipinski definition) is 4. The lowest BCUT2D eigenvalue weighted by atomic mass is 9.98. The van der Waals surface area contributed by atoms with E-state index in [1.807, 2.05) is 0 Å². The molecule has 0 aliphatic carbocycles. The summed E-state index contributed by atoms with van der Waals surface area (Å²) in [6, 6.07) is 12.1. The minimum Gasteiger partial charge on any atom is -0.507 e. The van der Waals surface area contributed by atoms with Crippen LogP contribution in [0.25, 0.3) is 5.76 Å². The van der Waals surface area contributed by atoms with Gasteiger partial charge < -0.3 is 5.11 Å². The number of aromatic nitrogens is 1. The maximum Gasteiger partial charge on any atom is 0.300 e. The van der Waals surface area contributed by atoms with Crippen molar-refractivity contribution >= 4 is 34.7 Å². The lowest BCUT2D eigenvalue weighted by Gasteiger charge is -2.25. The van der Waals surface area contributed by atoms with Gasteiger partial charge in [0.15, 0.2) is 0 Å². The molecule has 4 rings (SSSR count). The average molecular weight is 427 g/mol. The van der Waals surface area contributed by atoms with Gasteiger partial charge in [0.1, 0.15) is 23.4 Å². The summed E-state index contributed by atoms with van der Waals surface area (Å²) in [6.07, 6.45) is 1.43. The number of carbonyl (C=O) groups is 2. The molecule has 1 aliphatic heterocycles. The Morgan fingerprint density at radius 3 is 2.43 bits per heavy atom. The summed E-state index contributed by atoms with van der Waals surface area (Å²) in [5.41, 5.74) is -0.276. The van der Waals surface area contributed by atoms with Gasteiger partial charge in [-0.25, -0.2) is 8.78 Å². The molecule has 2 aromatic carbocycles. The summed E-state index contributed by atoms with van der Waals surface area (Å²) in [5.74, 6) is -4.30. The first kappa shape index (κ1) is 19.7. The highest BCUT2D eigenvalue weighted by Crippen LogP contribution is 2.42. The van der Waals surface area contributed by atoms with Crippen LogP contribution in [0.2, 0.25) is 5.02 Å². The van der Waals surface area contributed by atoms with Gasteiger partial charge in [0.05, 0.1) is 17.0 Å². The zero-order chi connectivity index (χ0) is 21.4. The maximum absolute atomic E-state index is 14.5. The zero-order valence-electron chi connectivity index (χ0n) is 15.2. The van der Waals surface area contributed by atoms with Crippen molar-refractivity contribution in [3.8, 4) is 0 Å². The molecule has 30 heavy (non-hydrogen) atoms. The number of halogens is 3. The van der Waals surface area contributed by atoms with Crippen molar-refractivity contribution in [1.82, 2.24) is 4.98 Å². The number of aliphatic hydroxyl groups is 1. The van der Waals surface area contributed by atoms with Gasteiger partial charge in [-0.1, -0.05) is 17.7 Å². The van der Waals surface area contributed by atoms with E-state index in [-0.39, 0.29) is 16.8 Å². The summed E-state index contributed by atoms with van der Waals surface area (Å²) in [6.45, 7) is 0. The molecule has 150 valence electrons. The number of pyridine rings is 1. The number of Topliss-reactive ketones (excluding diaryl/α,β-unsaturated/α-hetero) is 1. The minimum absolute atomic E-state index is 0.205. The normalized spacial score (nSPS) is 18.1. The van der Waals surface area contributed by atoms with E-state index in [1.54, 1.807) is 12.1 Å². The highest BCUT2D eigenvalue weighted by molar-refractivity contribution is 6.51. The van der Waals surface area contributed by atoms with Crippen LogP contribution in [0.4, 0.5) is 14.5 Å². The van der Waals surface area contributed by atoms with Crippen molar-refractivity contribution in [1.29, 1.82) is 0 Å². The Labute approximate surface area is 174 Å². The van der Waals surface area contributed by atoms with Crippen molar-refractivity contribution in [3.05, 3.63) is 100 Å². The molecule has 1 N–H and O–H groups in total. The van der Waals surface area contributed by atoms with Gasteiger partial charge in [0.25, 0.3) is 11.7 Å². The quantitative estimate of drug-likeness (QED) is 0.376. The van der Waals surface area contributed by atoms with E-state index in [1.165, 1.54) is 36.5 Å². The molecule has 1 aromatic heterocycles. The highest BCUT2D eigenvalue weighted by Gasteiger charge is 2.48. The predicted octanol–water partition coefficient (Wildman–Crippen LogP) is 4.64. The van der Waals surface area contributed by atoms with Gasteiger partial charge in [0.2, 0.25) is 0 Å². The van der Waals surface area contributed by atoms with Crippen LogP contribution >= 0.6 is 11.6 Å². The molecular weight excluding hydrogens is 414 g/mol. The minimum atomic E-state index is -1.25. The van der Waals surface area contributed by atoms with E-state index < -0.39 is 40.8 Å². The van der Waals surface area contributed by atoms with Crippen molar-refractivity contribution in [2.45, 2.75) is 6.04 Å². The smallest absolute Gasteiger partial charge is 0.300 e. The molecule has 0 bridgehead atoms. The van der Waals surface area contributed by atoms with Gasteiger partial charge in [-0.15, -0.1) is 0 Å². The first-order valence-corrected chi connectivity index (χ1v) is 9.19. The molecular formula is C22H13ClF2N2O3. The van der Waals surface area contributed by atoms with E-state index >= 15 is 0 Å². The van der Waals surface area contributed by atoms with Crippen molar-refractivity contribution in [2.24, 2.45) is 0 Å². The fraction of sp³-hybridized carbons (Fsp3) is 0.0455. The molecule has 1 fully saturated rings. The zero-order valence-corrected chi connectivity index (χ0v) is 16.0. The predicted molar refractivity (Wildman–Crippen MR) is 107 cm³/mol. The first-order valence-electron chi connectivity index (χ1n) is 8.81. The number of hydrogen-bond donors (Lipinski definition) is 1. The van der Waals surface area contributed by atoms with E-state index in [2.05, 4.69) is 4.98 Å². The first-order chi connectivity index (χ1) is 14.4. The Morgan fingerprint density at radius 2 is 1.77 bits per heavy atom. The van der Waals surface area contributed by atoms with E-state index in [0.29, 0.717) is 5.02 Å². The molecule has 1 saturated heterocycles. The summed E-state index contributed by atoms with van der Waals surface area (Å²) in [5, 5.41) is 11.3. The van der Waals surface area contributed by atoms with Gasteiger partial charge in [0, 0.05) is 22.8 Å². The SMILES string of the molecule is O=C1C(=O)N(c2cc(F)ccc2F)C(c2ccccn2)/C1=C(\O)c1ccc(Cl)cc1. The average Bonchev–Trinajstić information content (AvgIpc) is 3.01. The summed E-state index contributed by atoms with van der Waals surface area (Å²) in [4.78, 5) is 30.7. The monoisotopic (exact) mass is 426 g/mol. The van der Waals surface area contributed by atoms with Crippen LogP contribution in [0.1, 0.15) is 17.3 Å². The van der Waals surface area contributed by atoms with Crippen LogP contribution in [0, 0.1) is 11.6 Å². The van der Waals surface area contributed by atoms with E-state index in [9.17, 15) is 23.5 Å². The van der Waals surface area contributed by atoms with Crippen LogP contribution in [-0.4, -0.2) is 21.8 Å². The lowest BCUT2D eigenvalue weighted by Crippen LogP contribution is -2.30. The van der Waals surface area contributed by atoms with Crippen molar-refractivity contribution in [2.75, 3.05) is 4.90 Å². The Kier molecular flexibility index (Phi) is 5.05. The summed E-state index contributed by atoms with van der Waals surface area (Å²) in [7, 11) is 0. The van der Waals surface area contributed by atoms with Crippen LogP contribution in [0.5, 0.6) is 0 Å². The van der Waals surface area contributed by atoms with Gasteiger partial charge >= 0.3 is 0 Å². The van der Waals surface area contributed by atoms with Crippen molar-refractivity contribution in [3.63, 3.8) is 0 Å².